The van der Waals surface area contributed by atoms with Crippen LogP contribution in [0.4, 0.5) is 8.78 Å². The first-order valence-electron chi connectivity index (χ1n) is 13.8. The minimum Gasteiger partial charge on any atom is -0.381 e. The number of fused-ring (bicyclic) bond motifs is 1. The Morgan fingerprint density at radius 3 is 2.51 bits per heavy atom. The van der Waals surface area contributed by atoms with E-state index in [9.17, 15) is 23.5 Å². The molecule has 1 aliphatic heterocycles. The molecule has 0 aliphatic carbocycles. The SMILES string of the molecule is Cc1ccc(C(=O)c2cnc3sc(C(=O)N4CCN([C@H](C)[C@](O)(Cn5cncn5)c5ccc(F)cc5F)CC4)cn23)cc1. The average Bonchev–Trinajstić information content (AvgIpc) is 3.75. The summed E-state index contributed by atoms with van der Waals surface area (Å²) in [5.74, 6) is -1.95. The van der Waals surface area contributed by atoms with Crippen LogP contribution in [0, 0.1) is 18.6 Å². The van der Waals surface area contributed by atoms with Crippen molar-refractivity contribution < 1.29 is 23.5 Å². The summed E-state index contributed by atoms with van der Waals surface area (Å²) in [5, 5.41) is 16.0. The van der Waals surface area contributed by atoms with Gasteiger partial charge in [-0.15, -0.1) is 0 Å². The smallest absolute Gasteiger partial charge is 0.265 e. The van der Waals surface area contributed by atoms with Crippen LogP contribution in [0.25, 0.3) is 4.96 Å². The van der Waals surface area contributed by atoms with E-state index in [0.29, 0.717) is 47.3 Å². The number of imidazole rings is 1. The fraction of sp³-hybridized carbons (Fsp3) is 0.300. The molecular weight excluding hydrogens is 576 g/mol. The quantitative estimate of drug-likeness (QED) is 0.270. The highest BCUT2D eigenvalue weighted by atomic mass is 32.1. The number of carbonyl (C=O) groups excluding carboxylic acids is 2. The highest BCUT2D eigenvalue weighted by Gasteiger charge is 2.43. The molecule has 13 heteroatoms. The third-order valence-corrected chi connectivity index (χ3v) is 9.06. The van der Waals surface area contributed by atoms with Crippen molar-refractivity contribution in [2.24, 2.45) is 0 Å². The molecule has 6 rings (SSSR count). The number of rotatable bonds is 8. The molecule has 2 atom stereocenters. The first kappa shape index (κ1) is 28.8. The second-order valence-corrected chi connectivity index (χ2v) is 11.7. The Bertz CT molecular complexity index is 1780. The summed E-state index contributed by atoms with van der Waals surface area (Å²) in [6, 6.07) is 9.80. The van der Waals surface area contributed by atoms with Crippen molar-refractivity contribution >= 4 is 28.0 Å². The maximum Gasteiger partial charge on any atom is 0.265 e. The second-order valence-electron chi connectivity index (χ2n) is 10.7. The molecule has 1 saturated heterocycles. The Kier molecular flexibility index (Phi) is 7.63. The molecule has 0 saturated carbocycles. The number of piperazine rings is 1. The van der Waals surface area contributed by atoms with E-state index in [4.69, 9.17) is 0 Å². The van der Waals surface area contributed by atoms with Crippen LogP contribution in [0.2, 0.25) is 0 Å². The molecule has 1 amide bonds. The van der Waals surface area contributed by atoms with Crippen molar-refractivity contribution in [2.45, 2.75) is 32.0 Å². The van der Waals surface area contributed by atoms with E-state index < -0.39 is 23.3 Å². The van der Waals surface area contributed by atoms with Gasteiger partial charge in [0.2, 0.25) is 5.78 Å². The van der Waals surface area contributed by atoms with Gasteiger partial charge in [0.05, 0.1) is 12.7 Å². The predicted molar refractivity (Wildman–Crippen MR) is 155 cm³/mol. The van der Waals surface area contributed by atoms with Gasteiger partial charge >= 0.3 is 0 Å². The number of ketones is 1. The maximum absolute atomic E-state index is 15.0. The lowest BCUT2D eigenvalue weighted by Crippen LogP contribution is -2.58. The summed E-state index contributed by atoms with van der Waals surface area (Å²) < 4.78 is 31.7. The van der Waals surface area contributed by atoms with Crippen LogP contribution in [0.3, 0.4) is 0 Å². The third-order valence-electron chi connectivity index (χ3n) is 8.08. The highest BCUT2D eigenvalue weighted by molar-refractivity contribution is 7.18. The molecule has 1 N–H and O–H groups in total. The Morgan fingerprint density at radius 1 is 1.09 bits per heavy atom. The normalized spacial score (nSPS) is 16.3. The topological polar surface area (TPSA) is 109 Å². The number of aliphatic hydroxyl groups is 1. The summed E-state index contributed by atoms with van der Waals surface area (Å²) in [4.78, 5) is 39.5. The molecule has 0 bridgehead atoms. The van der Waals surface area contributed by atoms with Gasteiger partial charge in [0, 0.05) is 55.6 Å². The van der Waals surface area contributed by atoms with Crippen molar-refractivity contribution in [1.29, 1.82) is 0 Å². The van der Waals surface area contributed by atoms with E-state index in [2.05, 4.69) is 15.1 Å². The van der Waals surface area contributed by atoms with Crippen LogP contribution in [0.5, 0.6) is 0 Å². The lowest BCUT2D eigenvalue weighted by molar-refractivity contribution is -0.0719. The molecule has 10 nitrogen and oxygen atoms in total. The molecule has 4 heterocycles. The van der Waals surface area contributed by atoms with Crippen molar-refractivity contribution in [3.63, 3.8) is 0 Å². The van der Waals surface area contributed by atoms with Crippen LogP contribution in [-0.2, 0) is 12.1 Å². The van der Waals surface area contributed by atoms with Crippen LogP contribution in [-0.4, -0.2) is 83.0 Å². The van der Waals surface area contributed by atoms with Gasteiger partial charge in [0.1, 0.15) is 40.5 Å². The second kappa shape index (κ2) is 11.4. The first-order chi connectivity index (χ1) is 20.6. The Hall–Kier alpha value is -4.33. The monoisotopic (exact) mass is 605 g/mol. The Morgan fingerprint density at radius 2 is 1.84 bits per heavy atom. The van der Waals surface area contributed by atoms with Crippen LogP contribution in [0.15, 0.2) is 67.5 Å². The number of hydrogen-bond acceptors (Lipinski definition) is 8. The number of benzene rings is 2. The molecule has 0 unspecified atom stereocenters. The number of thiazole rings is 1. The van der Waals surface area contributed by atoms with Crippen LogP contribution < -0.4 is 0 Å². The number of amides is 1. The number of aryl methyl sites for hydroxylation is 1. The number of hydrogen-bond donors (Lipinski definition) is 1. The summed E-state index contributed by atoms with van der Waals surface area (Å²) in [6.07, 6.45) is 5.92. The first-order valence-corrected chi connectivity index (χ1v) is 14.6. The molecule has 2 aromatic carbocycles. The van der Waals surface area contributed by atoms with Gasteiger partial charge < -0.3 is 10.0 Å². The van der Waals surface area contributed by atoms with Crippen LogP contribution >= 0.6 is 11.3 Å². The minimum absolute atomic E-state index is 0.0478. The van der Waals surface area contributed by atoms with E-state index in [1.54, 1.807) is 34.6 Å². The molecule has 222 valence electrons. The van der Waals surface area contributed by atoms with Crippen molar-refractivity contribution in [3.8, 4) is 0 Å². The molecule has 3 aromatic heterocycles. The zero-order chi connectivity index (χ0) is 30.3. The van der Waals surface area contributed by atoms with E-state index in [1.807, 2.05) is 24.0 Å². The number of carbonyl (C=O) groups is 2. The fourth-order valence-corrected chi connectivity index (χ4v) is 6.45. The van der Waals surface area contributed by atoms with E-state index in [1.165, 1.54) is 40.9 Å². The molecule has 5 aromatic rings. The summed E-state index contributed by atoms with van der Waals surface area (Å²) in [6.45, 7) is 5.18. The summed E-state index contributed by atoms with van der Waals surface area (Å²) in [7, 11) is 0. The lowest BCUT2D eigenvalue weighted by Gasteiger charge is -2.44. The van der Waals surface area contributed by atoms with Crippen molar-refractivity contribution in [2.75, 3.05) is 26.2 Å². The van der Waals surface area contributed by atoms with E-state index in [-0.39, 0.29) is 23.8 Å². The largest absolute Gasteiger partial charge is 0.381 e. The van der Waals surface area contributed by atoms with Gasteiger partial charge in [0.15, 0.2) is 4.96 Å². The Labute approximate surface area is 249 Å². The molecular formula is C30H29F2N7O3S. The van der Waals surface area contributed by atoms with Gasteiger partial charge in [-0.2, -0.15) is 5.10 Å². The summed E-state index contributed by atoms with van der Waals surface area (Å²) in [5.41, 5.74) is 0.161. The van der Waals surface area contributed by atoms with Gasteiger partial charge in [-0.25, -0.2) is 23.4 Å². The third kappa shape index (κ3) is 5.46. The molecule has 1 aliphatic rings. The van der Waals surface area contributed by atoms with E-state index in [0.717, 1.165) is 17.7 Å². The Balaban J connectivity index is 1.17. The number of nitrogens with zero attached hydrogens (tertiary/aromatic N) is 7. The standard InChI is InChI=1S/C30H29F2N7O3S/c1-19-3-5-21(6-4-19)27(40)25-14-34-29-39(25)15-26(43-29)28(41)37-11-9-36(10-12-37)20(2)30(42,16-38-18-33-17-35-38)23-8-7-22(31)13-24(23)32/h3-8,13-15,17-18,20,42H,9-12,16H2,1-2H3/t20-,30-/m1/s1. The van der Waals surface area contributed by atoms with Gasteiger partial charge in [-0.05, 0) is 19.9 Å². The minimum atomic E-state index is -1.77. The molecule has 0 radical (unpaired) electrons. The van der Waals surface area contributed by atoms with Crippen molar-refractivity contribution in [1.82, 2.24) is 33.9 Å². The number of halogens is 2. The molecule has 43 heavy (non-hydrogen) atoms. The maximum atomic E-state index is 15.0. The molecule has 1 fully saturated rings. The molecule has 0 spiro atoms. The lowest BCUT2D eigenvalue weighted by atomic mass is 9.85. The van der Waals surface area contributed by atoms with Gasteiger partial charge in [-0.3, -0.25) is 18.9 Å². The van der Waals surface area contributed by atoms with E-state index >= 15 is 0 Å². The fourth-order valence-electron chi connectivity index (χ4n) is 5.52. The average molecular weight is 606 g/mol. The van der Waals surface area contributed by atoms with Gasteiger partial charge in [-0.1, -0.05) is 47.2 Å². The summed E-state index contributed by atoms with van der Waals surface area (Å²) >= 11 is 1.22. The highest BCUT2D eigenvalue weighted by Crippen LogP contribution is 2.33. The zero-order valence-electron chi connectivity index (χ0n) is 23.5. The van der Waals surface area contributed by atoms with Crippen LogP contribution in [0.1, 0.15) is 43.8 Å². The number of aromatic nitrogens is 5. The predicted octanol–water partition coefficient (Wildman–Crippen LogP) is 3.54. The van der Waals surface area contributed by atoms with Gasteiger partial charge in [0.25, 0.3) is 5.91 Å². The van der Waals surface area contributed by atoms with Crippen molar-refractivity contribution in [3.05, 3.63) is 106 Å². The zero-order valence-corrected chi connectivity index (χ0v) is 24.3.